The van der Waals surface area contributed by atoms with Crippen LogP contribution in [0.3, 0.4) is 0 Å². The Labute approximate surface area is 262 Å². The van der Waals surface area contributed by atoms with Crippen LogP contribution in [-0.4, -0.2) is 74.1 Å². The highest BCUT2D eigenvalue weighted by molar-refractivity contribution is 8.00. The summed E-state index contributed by atoms with van der Waals surface area (Å²) < 4.78 is 11.1. The average Bonchev–Trinajstić information content (AvgIpc) is 3.45. The molecule has 1 fully saturated rings. The van der Waals surface area contributed by atoms with Crippen LogP contribution < -0.4 is 20.7 Å². The van der Waals surface area contributed by atoms with E-state index in [9.17, 15) is 24.3 Å². The number of carboxylic acid groups (broad SMARTS) is 1. The van der Waals surface area contributed by atoms with Gasteiger partial charge in [-0.15, -0.1) is 11.8 Å². The predicted octanol–water partition coefficient (Wildman–Crippen LogP) is 0.770. The number of carboxylic acids is 1. The highest BCUT2D eigenvalue weighted by atomic mass is 32.2. The van der Waals surface area contributed by atoms with E-state index in [1.165, 1.54) is 31.0 Å². The Morgan fingerprint density at radius 2 is 1.91 bits per heavy atom. The summed E-state index contributed by atoms with van der Waals surface area (Å²) in [6.45, 7) is 4.54. The quantitative estimate of drug-likeness (QED) is 0.0654. The zero-order valence-corrected chi connectivity index (χ0v) is 26.2. The van der Waals surface area contributed by atoms with Crippen molar-refractivity contribution >= 4 is 57.9 Å². The number of hydrogen-bond donors (Lipinski definition) is 2. The Balaban J connectivity index is 1.37. The van der Waals surface area contributed by atoms with Crippen LogP contribution in [0.1, 0.15) is 68.6 Å². The molecule has 16 heteroatoms. The molecule has 0 aliphatic carbocycles. The van der Waals surface area contributed by atoms with Gasteiger partial charge in [0.15, 0.2) is 24.1 Å². The van der Waals surface area contributed by atoms with E-state index < -0.39 is 35.2 Å². The first-order valence-corrected chi connectivity index (χ1v) is 16.2. The molecule has 2 atom stereocenters. The number of pyridine rings is 1. The van der Waals surface area contributed by atoms with E-state index in [1.807, 2.05) is 0 Å². The summed E-state index contributed by atoms with van der Waals surface area (Å²) >= 11 is 2.18. The molecule has 4 rings (SSSR count). The maximum atomic E-state index is 13.1. The molecule has 3 N–H and O–H groups in total. The van der Waals surface area contributed by atoms with Gasteiger partial charge >= 0.3 is 5.97 Å². The first kappa shape index (κ1) is 32.9. The SMILES string of the molecule is CCCCCCCCOC(=O)c1cc[n+](CC2=C(C(=O)[O-])N3C(=O)C(NC(=O)C(=NOCC)c4nsc(N)n4)[C@@H]3SC2)cc1. The molecule has 2 aliphatic heterocycles. The number of thioether (sulfide) groups is 1. The molecule has 236 valence electrons. The number of esters is 1. The molecule has 0 aromatic carbocycles. The first-order chi connectivity index (χ1) is 21.2. The number of aliphatic carboxylic acids is 1. The van der Waals surface area contributed by atoms with Gasteiger partial charge < -0.3 is 30.5 Å². The number of nitrogens with two attached hydrogens (primary N) is 1. The van der Waals surface area contributed by atoms with Gasteiger partial charge in [0.25, 0.3) is 11.8 Å². The van der Waals surface area contributed by atoms with Crippen LogP contribution >= 0.6 is 23.3 Å². The molecule has 1 unspecified atom stereocenters. The van der Waals surface area contributed by atoms with E-state index in [0.29, 0.717) is 17.7 Å². The zero-order valence-electron chi connectivity index (χ0n) is 24.5. The minimum atomic E-state index is -1.50. The summed E-state index contributed by atoms with van der Waals surface area (Å²) in [4.78, 5) is 60.8. The molecular weight excluding hydrogens is 610 g/mol. The predicted molar refractivity (Wildman–Crippen MR) is 160 cm³/mol. The number of hydrogen-bond acceptors (Lipinski definition) is 13. The number of nitrogens with zero attached hydrogens (tertiary/aromatic N) is 5. The first-order valence-electron chi connectivity index (χ1n) is 14.4. The minimum absolute atomic E-state index is 0.0508. The van der Waals surface area contributed by atoms with Gasteiger partial charge in [0, 0.05) is 35.0 Å². The van der Waals surface area contributed by atoms with Crippen molar-refractivity contribution < 1.29 is 38.4 Å². The second kappa shape index (κ2) is 15.6. The number of amides is 2. The van der Waals surface area contributed by atoms with E-state index in [1.54, 1.807) is 36.0 Å². The van der Waals surface area contributed by atoms with Gasteiger partial charge in [-0.3, -0.25) is 14.5 Å². The number of oxime groups is 1. The molecular formula is C28H35N7O7S2. The Hall–Kier alpha value is -4.05. The van der Waals surface area contributed by atoms with Crippen LogP contribution in [-0.2, 0) is 30.5 Å². The number of carbonyl (C=O) groups is 4. The summed E-state index contributed by atoms with van der Waals surface area (Å²) in [5.74, 6) is -3.07. The van der Waals surface area contributed by atoms with Crippen molar-refractivity contribution in [1.82, 2.24) is 19.6 Å². The van der Waals surface area contributed by atoms with Crippen LogP contribution in [0.5, 0.6) is 0 Å². The van der Waals surface area contributed by atoms with Gasteiger partial charge in [-0.1, -0.05) is 44.2 Å². The van der Waals surface area contributed by atoms with E-state index >= 15 is 0 Å². The molecule has 4 heterocycles. The third kappa shape index (κ3) is 7.91. The number of aromatic nitrogens is 3. The largest absolute Gasteiger partial charge is 0.543 e. The number of anilines is 1. The standard InChI is InChI=1S/C28H35N7O7S2/c1-3-5-6-7-8-9-14-41-27(40)17-10-12-34(13-11-17)15-18-16-43-25-20(24(37)35(25)21(18)26(38)39)30-23(36)19(32-42-4-2)22-31-28(29)44-33-22/h10-13,20,25H,3-9,14-16H2,1-2H3,(H3-,29,30,31,33,36,38,39)/t20?,25-/m0/s1. The average molecular weight is 646 g/mol. The summed E-state index contributed by atoms with van der Waals surface area (Å²) in [6, 6.07) is 2.20. The van der Waals surface area contributed by atoms with Crippen LogP contribution in [0.15, 0.2) is 41.0 Å². The fraction of sp³-hybridized carbons (Fsp3) is 0.500. The van der Waals surface area contributed by atoms with E-state index in [4.69, 9.17) is 15.3 Å². The summed E-state index contributed by atoms with van der Waals surface area (Å²) in [5.41, 5.74) is 5.97. The number of unbranched alkanes of at least 4 members (excludes halogenated alkanes) is 5. The van der Waals surface area contributed by atoms with Gasteiger partial charge in [-0.05, 0) is 13.3 Å². The maximum Gasteiger partial charge on any atom is 0.338 e. The molecule has 2 aromatic heterocycles. The third-order valence-electron chi connectivity index (χ3n) is 6.91. The number of nitrogens with one attached hydrogen (secondary N) is 1. The van der Waals surface area contributed by atoms with E-state index in [2.05, 4.69) is 26.8 Å². The Morgan fingerprint density at radius 3 is 2.57 bits per heavy atom. The number of β-lactam (4-membered cyclic amide) rings is 1. The Bertz CT molecular complexity index is 1430. The van der Waals surface area contributed by atoms with Crippen LogP contribution in [0.25, 0.3) is 0 Å². The zero-order chi connectivity index (χ0) is 31.6. The van der Waals surface area contributed by atoms with Gasteiger partial charge in [0.1, 0.15) is 18.0 Å². The molecule has 0 radical (unpaired) electrons. The monoisotopic (exact) mass is 645 g/mol. The Kier molecular flexibility index (Phi) is 11.7. The fourth-order valence-corrected chi connectivity index (χ4v) is 6.47. The fourth-order valence-electron chi connectivity index (χ4n) is 4.70. The van der Waals surface area contributed by atoms with Crippen LogP contribution in [0.2, 0.25) is 0 Å². The molecule has 0 spiro atoms. The molecule has 44 heavy (non-hydrogen) atoms. The van der Waals surface area contributed by atoms with Crippen molar-refractivity contribution in [3.8, 4) is 0 Å². The van der Waals surface area contributed by atoms with Gasteiger partial charge in [-0.2, -0.15) is 9.36 Å². The van der Waals surface area contributed by atoms with Crippen molar-refractivity contribution in [3.63, 3.8) is 0 Å². The number of ether oxygens (including phenoxy) is 1. The highest BCUT2D eigenvalue weighted by Gasteiger charge is 2.53. The van der Waals surface area contributed by atoms with Gasteiger partial charge in [0.05, 0.1) is 23.8 Å². The van der Waals surface area contributed by atoms with Crippen LogP contribution in [0, 0.1) is 0 Å². The summed E-state index contributed by atoms with van der Waals surface area (Å²) in [7, 11) is 0. The second-order valence-corrected chi connectivity index (χ2v) is 12.0. The number of carbonyl (C=O) groups excluding carboxylic acids is 4. The molecule has 0 saturated carbocycles. The maximum absolute atomic E-state index is 13.1. The molecule has 2 amide bonds. The number of fused-ring (bicyclic) bond motifs is 1. The lowest BCUT2D eigenvalue weighted by Gasteiger charge is -2.50. The highest BCUT2D eigenvalue weighted by Crippen LogP contribution is 2.40. The normalized spacial score (nSPS) is 18.0. The number of rotatable bonds is 16. The Morgan fingerprint density at radius 1 is 1.18 bits per heavy atom. The molecule has 2 aromatic rings. The van der Waals surface area contributed by atoms with Crippen molar-refractivity contribution in [2.45, 2.75) is 70.3 Å². The van der Waals surface area contributed by atoms with E-state index in [0.717, 1.165) is 35.7 Å². The smallest absolute Gasteiger partial charge is 0.338 e. The van der Waals surface area contributed by atoms with Gasteiger partial charge in [-0.25, -0.2) is 9.36 Å². The molecule has 14 nitrogen and oxygen atoms in total. The molecule has 0 bridgehead atoms. The van der Waals surface area contributed by atoms with E-state index in [-0.39, 0.29) is 41.3 Å². The number of nitrogen functional groups attached to an aromatic ring is 1. The molecule has 2 aliphatic rings. The summed E-state index contributed by atoms with van der Waals surface area (Å²) in [5, 5.41) is 18.0. The van der Waals surface area contributed by atoms with Crippen molar-refractivity contribution in [2.24, 2.45) is 5.16 Å². The lowest BCUT2D eigenvalue weighted by atomic mass is 10.0. The third-order valence-corrected chi connectivity index (χ3v) is 8.79. The van der Waals surface area contributed by atoms with Crippen LogP contribution in [0.4, 0.5) is 5.13 Å². The van der Waals surface area contributed by atoms with Crippen molar-refractivity contribution in [2.75, 3.05) is 24.7 Å². The summed E-state index contributed by atoms with van der Waals surface area (Å²) in [6.07, 6.45) is 9.85. The minimum Gasteiger partial charge on any atom is -0.543 e. The molecule has 1 saturated heterocycles. The van der Waals surface area contributed by atoms with Crippen molar-refractivity contribution in [3.05, 3.63) is 47.2 Å². The van der Waals surface area contributed by atoms with Crippen molar-refractivity contribution in [1.29, 1.82) is 0 Å². The lowest BCUT2D eigenvalue weighted by Crippen LogP contribution is -2.71. The van der Waals surface area contributed by atoms with Gasteiger partial charge in [0.2, 0.25) is 11.5 Å². The topological polar surface area (TPSA) is 193 Å². The second-order valence-electron chi connectivity index (χ2n) is 10.1. The lowest BCUT2D eigenvalue weighted by molar-refractivity contribution is -0.689.